The van der Waals surface area contributed by atoms with Crippen LogP contribution >= 0.6 is 58.8 Å². The number of furan rings is 1. The Labute approximate surface area is 192 Å². The van der Waals surface area contributed by atoms with Gasteiger partial charge >= 0.3 is 0 Å². The Morgan fingerprint density at radius 3 is 2.55 bits per heavy atom. The van der Waals surface area contributed by atoms with Crippen molar-refractivity contribution in [1.29, 1.82) is 0 Å². The number of benzene rings is 2. The van der Waals surface area contributed by atoms with Crippen LogP contribution in [0.15, 0.2) is 63.9 Å². The Morgan fingerprint density at radius 1 is 1.03 bits per heavy atom. The summed E-state index contributed by atoms with van der Waals surface area (Å²) in [6.07, 6.45) is 1.76. The second-order valence-corrected chi connectivity index (χ2v) is 8.80. The lowest BCUT2D eigenvalue weighted by atomic mass is 10.2. The number of nitrogens with zero attached hydrogens (tertiary/aromatic N) is 1. The predicted octanol–water partition coefficient (Wildman–Crippen LogP) is 7.94. The lowest BCUT2D eigenvalue weighted by Gasteiger charge is -2.14. The molecule has 0 unspecified atom stereocenters. The molecule has 146 valence electrons. The van der Waals surface area contributed by atoms with Crippen molar-refractivity contribution in [1.82, 2.24) is 4.90 Å². The maximum absolute atomic E-state index is 12.4. The predicted molar refractivity (Wildman–Crippen MR) is 125 cm³/mol. The maximum atomic E-state index is 12.4. The minimum atomic E-state index is -0.124. The summed E-state index contributed by atoms with van der Waals surface area (Å²) in [7, 11) is 0. The van der Waals surface area contributed by atoms with E-state index in [1.807, 2.05) is 18.2 Å². The van der Waals surface area contributed by atoms with Crippen molar-refractivity contribution >= 4 is 75.1 Å². The van der Waals surface area contributed by atoms with Crippen molar-refractivity contribution in [3.05, 3.63) is 85.9 Å². The molecule has 3 nitrogen and oxygen atoms in total. The molecule has 1 aliphatic heterocycles. The summed E-state index contributed by atoms with van der Waals surface area (Å²) in [5.41, 5.74) is 1.65. The highest BCUT2D eigenvalue weighted by Crippen LogP contribution is 2.37. The second kappa shape index (κ2) is 8.54. The molecule has 1 aromatic heterocycles. The Kier molecular flexibility index (Phi) is 6.04. The molecular weight excluding hydrogens is 469 g/mol. The van der Waals surface area contributed by atoms with Crippen LogP contribution in [0.4, 0.5) is 4.79 Å². The topological polar surface area (TPSA) is 33.5 Å². The van der Waals surface area contributed by atoms with Crippen LogP contribution < -0.4 is 0 Å². The molecule has 1 amide bonds. The van der Waals surface area contributed by atoms with E-state index in [1.54, 1.807) is 47.4 Å². The highest BCUT2D eigenvalue weighted by atomic mass is 35.5. The Bertz CT molecular complexity index is 1140. The van der Waals surface area contributed by atoms with Crippen LogP contribution in [0.5, 0.6) is 0 Å². The Hall–Kier alpha value is -1.76. The van der Waals surface area contributed by atoms with Gasteiger partial charge in [-0.25, -0.2) is 0 Å². The number of amides is 1. The van der Waals surface area contributed by atoms with Crippen LogP contribution in [0, 0.1) is 0 Å². The van der Waals surface area contributed by atoms with Crippen molar-refractivity contribution in [2.24, 2.45) is 0 Å². The number of rotatable bonds is 4. The fraction of sp³-hybridized carbons (Fsp3) is 0.0476. The van der Waals surface area contributed by atoms with E-state index in [9.17, 15) is 4.79 Å². The molecule has 29 heavy (non-hydrogen) atoms. The third-order valence-corrected chi connectivity index (χ3v) is 6.81. The quantitative estimate of drug-likeness (QED) is 0.280. The molecule has 0 bridgehead atoms. The highest BCUT2D eigenvalue weighted by molar-refractivity contribution is 8.19. The van der Waals surface area contributed by atoms with E-state index in [0.29, 0.717) is 48.6 Å². The molecule has 1 saturated heterocycles. The molecule has 0 radical (unpaired) electrons. The van der Waals surface area contributed by atoms with Gasteiger partial charge < -0.3 is 4.42 Å². The van der Waals surface area contributed by atoms with E-state index in [1.165, 1.54) is 0 Å². The van der Waals surface area contributed by atoms with Crippen molar-refractivity contribution in [3.63, 3.8) is 0 Å². The molecule has 0 atom stereocenters. The average molecular weight is 481 g/mol. The summed E-state index contributed by atoms with van der Waals surface area (Å²) in [6, 6.07) is 16.3. The summed E-state index contributed by atoms with van der Waals surface area (Å²) in [5, 5.41) is 1.41. The number of carbonyl (C=O) groups is 1. The zero-order valence-corrected chi connectivity index (χ0v) is 18.6. The van der Waals surface area contributed by atoms with Crippen molar-refractivity contribution in [3.8, 4) is 11.3 Å². The van der Waals surface area contributed by atoms with Crippen molar-refractivity contribution < 1.29 is 9.21 Å². The van der Waals surface area contributed by atoms with E-state index >= 15 is 0 Å². The van der Waals surface area contributed by atoms with Crippen molar-refractivity contribution in [2.75, 3.05) is 0 Å². The normalized spacial score (nSPS) is 15.6. The molecule has 2 aromatic carbocycles. The third kappa shape index (κ3) is 4.39. The third-order valence-electron chi connectivity index (χ3n) is 4.24. The molecule has 3 aromatic rings. The van der Waals surface area contributed by atoms with E-state index in [2.05, 4.69) is 0 Å². The number of thioether (sulfide) groups is 1. The minimum absolute atomic E-state index is 0.124. The van der Waals surface area contributed by atoms with E-state index in [4.69, 9.17) is 51.4 Å². The van der Waals surface area contributed by atoms with E-state index in [-0.39, 0.29) is 5.24 Å². The van der Waals surface area contributed by atoms with Gasteiger partial charge in [0.15, 0.2) is 0 Å². The number of hydrogen-bond acceptors (Lipinski definition) is 4. The van der Waals surface area contributed by atoms with Crippen LogP contribution in [0.3, 0.4) is 0 Å². The SMILES string of the molecule is O=C1SC(=Cc2ccc(-c3cccc(Cl)c3Cl)o2)C(=S)N1Cc1ccc(Cl)cc1. The molecule has 2 heterocycles. The lowest BCUT2D eigenvalue weighted by Crippen LogP contribution is -2.26. The molecule has 8 heteroatoms. The first-order valence-corrected chi connectivity index (χ1v) is 10.8. The molecular formula is C21H12Cl3NO2S2. The first-order valence-electron chi connectivity index (χ1n) is 8.46. The number of halogens is 3. The largest absolute Gasteiger partial charge is 0.457 e. The Morgan fingerprint density at radius 2 is 1.79 bits per heavy atom. The fourth-order valence-electron chi connectivity index (χ4n) is 2.81. The lowest BCUT2D eigenvalue weighted by molar-refractivity contribution is 0.244. The molecule has 0 saturated carbocycles. The summed E-state index contributed by atoms with van der Waals surface area (Å²) in [5.74, 6) is 1.16. The Balaban J connectivity index is 1.55. The first-order chi connectivity index (χ1) is 13.9. The van der Waals surface area contributed by atoms with Gasteiger partial charge in [-0.1, -0.05) is 65.2 Å². The van der Waals surface area contributed by atoms with Crippen molar-refractivity contribution in [2.45, 2.75) is 6.54 Å². The van der Waals surface area contributed by atoms with Gasteiger partial charge in [-0.05, 0) is 59.8 Å². The van der Waals surface area contributed by atoms with Gasteiger partial charge in [-0.3, -0.25) is 9.69 Å². The maximum Gasteiger partial charge on any atom is 0.291 e. The highest BCUT2D eigenvalue weighted by Gasteiger charge is 2.32. The summed E-state index contributed by atoms with van der Waals surface area (Å²) >= 11 is 24.9. The molecule has 1 fully saturated rings. The summed E-state index contributed by atoms with van der Waals surface area (Å²) < 4.78 is 5.88. The van der Waals surface area contributed by atoms with Crippen LogP contribution in [0.1, 0.15) is 11.3 Å². The molecule has 0 spiro atoms. The van der Waals surface area contributed by atoms with Crippen LogP contribution in [-0.4, -0.2) is 15.1 Å². The summed E-state index contributed by atoms with van der Waals surface area (Å²) in [6.45, 7) is 0.390. The van der Waals surface area contributed by atoms with E-state index in [0.717, 1.165) is 17.3 Å². The first kappa shape index (κ1) is 20.5. The molecule has 1 aliphatic rings. The van der Waals surface area contributed by atoms with E-state index < -0.39 is 0 Å². The van der Waals surface area contributed by atoms with Gasteiger partial charge in [0.05, 0.1) is 21.5 Å². The zero-order valence-electron chi connectivity index (χ0n) is 14.7. The number of thiocarbonyl (C=S) groups is 1. The minimum Gasteiger partial charge on any atom is -0.457 e. The molecule has 0 aliphatic carbocycles. The van der Waals surface area contributed by atoms with Gasteiger partial charge in [-0.2, -0.15) is 0 Å². The second-order valence-electron chi connectivity index (χ2n) is 6.20. The van der Waals surface area contributed by atoms with Gasteiger partial charge in [0.2, 0.25) is 0 Å². The molecule has 4 rings (SSSR count). The smallest absolute Gasteiger partial charge is 0.291 e. The number of hydrogen-bond donors (Lipinski definition) is 0. The van der Waals surface area contributed by atoms with Gasteiger partial charge in [0.25, 0.3) is 5.24 Å². The van der Waals surface area contributed by atoms with Gasteiger partial charge in [-0.15, -0.1) is 0 Å². The van der Waals surface area contributed by atoms with Gasteiger partial charge in [0, 0.05) is 10.6 Å². The fourth-order valence-corrected chi connectivity index (χ4v) is 4.54. The summed E-state index contributed by atoms with van der Waals surface area (Å²) in [4.78, 5) is 15.1. The number of carbonyl (C=O) groups excluding carboxylic acids is 1. The zero-order chi connectivity index (χ0) is 20.5. The van der Waals surface area contributed by atoms with Crippen LogP contribution in [0.25, 0.3) is 17.4 Å². The standard InChI is InChI=1S/C21H12Cl3NO2S2/c22-13-6-4-12(5-7-13)11-25-20(28)18(29-21(25)26)10-14-8-9-17(27-14)15-2-1-3-16(23)19(15)24/h1-10H,11H2. The monoisotopic (exact) mass is 479 g/mol. The average Bonchev–Trinajstić information content (AvgIpc) is 3.26. The molecule has 0 N–H and O–H groups in total. The van der Waals surface area contributed by atoms with Crippen LogP contribution in [0.2, 0.25) is 15.1 Å². The van der Waals surface area contributed by atoms with Gasteiger partial charge in [0.1, 0.15) is 16.5 Å². The van der Waals surface area contributed by atoms with Crippen LogP contribution in [-0.2, 0) is 6.54 Å².